The van der Waals surface area contributed by atoms with E-state index < -0.39 is 0 Å². The van der Waals surface area contributed by atoms with Crippen LogP contribution in [0.15, 0.2) is 0 Å². The van der Waals surface area contributed by atoms with Crippen LogP contribution in [0.4, 0.5) is 0 Å². The van der Waals surface area contributed by atoms with E-state index in [1.54, 1.807) is 0 Å². The normalized spacial score (nSPS) is 16.7. The third-order valence-corrected chi connectivity index (χ3v) is 3.26. The largest absolute Gasteiger partial charge is 0.394 e. The Labute approximate surface area is 109 Å². The van der Waals surface area contributed by atoms with Crippen LogP contribution in [0.1, 0.15) is 32.1 Å². The number of carbonyl (C=O) groups excluding carboxylic acids is 1. The summed E-state index contributed by atoms with van der Waals surface area (Å²) in [5, 5.41) is 14.7. The molecule has 0 bridgehead atoms. The molecule has 1 aliphatic heterocycles. The highest BCUT2D eigenvalue weighted by molar-refractivity contribution is 5.75. The van der Waals surface area contributed by atoms with Crippen molar-refractivity contribution < 1.29 is 14.6 Å². The Bertz CT molecular complexity index is 218. The van der Waals surface area contributed by atoms with Gasteiger partial charge in [-0.1, -0.05) is 0 Å². The van der Waals surface area contributed by atoms with Crippen LogP contribution in [0.2, 0.25) is 0 Å². The van der Waals surface area contributed by atoms with Crippen LogP contribution in [-0.4, -0.2) is 50.5 Å². The second-order valence-corrected chi connectivity index (χ2v) is 4.77. The first-order chi connectivity index (χ1) is 8.83. The fourth-order valence-electron chi connectivity index (χ4n) is 2.16. The molecule has 1 saturated heterocycles. The zero-order chi connectivity index (χ0) is 13.1. The summed E-state index contributed by atoms with van der Waals surface area (Å²) in [6.45, 7) is 3.88. The summed E-state index contributed by atoms with van der Waals surface area (Å²) in [5.41, 5.74) is 0. The van der Waals surface area contributed by atoms with E-state index in [2.05, 4.69) is 10.6 Å². The van der Waals surface area contributed by atoms with Gasteiger partial charge >= 0.3 is 0 Å². The first-order valence-electron chi connectivity index (χ1n) is 6.99. The number of piperidine rings is 1. The number of amides is 1. The molecule has 0 aliphatic carbocycles. The Balaban J connectivity index is 1.90. The highest BCUT2D eigenvalue weighted by atomic mass is 16.5. The number of carbonyl (C=O) groups is 1. The quantitative estimate of drug-likeness (QED) is 0.520. The van der Waals surface area contributed by atoms with Gasteiger partial charge in [0.05, 0.1) is 13.2 Å². The molecule has 1 aliphatic rings. The van der Waals surface area contributed by atoms with Crippen molar-refractivity contribution in [3.63, 3.8) is 0 Å². The highest BCUT2D eigenvalue weighted by Crippen LogP contribution is 2.17. The third kappa shape index (κ3) is 7.63. The van der Waals surface area contributed by atoms with Gasteiger partial charge in [0.25, 0.3) is 0 Å². The molecule has 0 saturated carbocycles. The van der Waals surface area contributed by atoms with E-state index in [9.17, 15) is 4.79 Å². The minimum absolute atomic E-state index is 0.0581. The molecule has 18 heavy (non-hydrogen) atoms. The Hall–Kier alpha value is -0.650. The summed E-state index contributed by atoms with van der Waals surface area (Å²) in [4.78, 5) is 11.6. The molecule has 0 aromatic carbocycles. The van der Waals surface area contributed by atoms with Gasteiger partial charge in [-0.25, -0.2) is 0 Å². The van der Waals surface area contributed by atoms with Crippen LogP contribution >= 0.6 is 0 Å². The molecule has 5 heteroatoms. The van der Waals surface area contributed by atoms with Crippen molar-refractivity contribution in [2.45, 2.75) is 32.1 Å². The molecule has 1 rings (SSSR count). The summed E-state index contributed by atoms with van der Waals surface area (Å²) < 4.78 is 5.11. The lowest BCUT2D eigenvalue weighted by Crippen LogP contribution is -2.30. The van der Waals surface area contributed by atoms with Crippen molar-refractivity contribution in [1.29, 1.82) is 0 Å². The molecule has 0 aromatic rings. The Morgan fingerprint density at radius 1 is 1.33 bits per heavy atom. The molecular formula is C13H26N2O3. The minimum Gasteiger partial charge on any atom is -0.394 e. The van der Waals surface area contributed by atoms with Crippen LogP contribution in [0.5, 0.6) is 0 Å². The maximum Gasteiger partial charge on any atom is 0.220 e. The van der Waals surface area contributed by atoms with Crippen molar-refractivity contribution in [1.82, 2.24) is 10.6 Å². The van der Waals surface area contributed by atoms with Gasteiger partial charge in [-0.3, -0.25) is 4.79 Å². The molecule has 1 fully saturated rings. The molecule has 0 spiro atoms. The molecule has 1 amide bonds. The zero-order valence-electron chi connectivity index (χ0n) is 11.1. The topological polar surface area (TPSA) is 70.6 Å². The monoisotopic (exact) mass is 258 g/mol. The molecular weight excluding hydrogens is 232 g/mol. The van der Waals surface area contributed by atoms with Gasteiger partial charge in [0.15, 0.2) is 0 Å². The Morgan fingerprint density at radius 3 is 2.83 bits per heavy atom. The summed E-state index contributed by atoms with van der Waals surface area (Å²) in [6, 6.07) is 0. The fraction of sp³-hybridized carbons (Fsp3) is 0.923. The number of hydrogen-bond donors (Lipinski definition) is 3. The van der Waals surface area contributed by atoms with Crippen molar-refractivity contribution in [2.75, 3.05) is 39.5 Å². The fourth-order valence-corrected chi connectivity index (χ4v) is 2.16. The van der Waals surface area contributed by atoms with Gasteiger partial charge < -0.3 is 20.5 Å². The minimum atomic E-state index is 0.0581. The third-order valence-electron chi connectivity index (χ3n) is 3.26. The number of rotatable bonds is 9. The Morgan fingerprint density at radius 2 is 2.11 bits per heavy atom. The molecule has 0 radical (unpaired) electrons. The lowest BCUT2D eigenvalue weighted by molar-refractivity contribution is -0.121. The predicted octanol–water partition coefficient (Wildman–Crippen LogP) is 0.281. The maximum atomic E-state index is 11.6. The second kappa shape index (κ2) is 10.3. The summed E-state index contributed by atoms with van der Waals surface area (Å²) in [7, 11) is 0. The molecule has 5 nitrogen and oxygen atoms in total. The van der Waals surface area contributed by atoms with E-state index in [-0.39, 0.29) is 12.5 Å². The van der Waals surface area contributed by atoms with E-state index >= 15 is 0 Å². The van der Waals surface area contributed by atoms with Crippen LogP contribution < -0.4 is 10.6 Å². The van der Waals surface area contributed by atoms with Crippen LogP contribution in [0, 0.1) is 5.92 Å². The SMILES string of the molecule is O=C(CCC1CCNCC1)NCCCOCCO. The van der Waals surface area contributed by atoms with E-state index in [0.717, 1.165) is 25.9 Å². The van der Waals surface area contributed by atoms with Gasteiger partial charge in [-0.05, 0) is 44.7 Å². The molecule has 3 N–H and O–H groups in total. The van der Waals surface area contributed by atoms with E-state index in [4.69, 9.17) is 9.84 Å². The first-order valence-corrected chi connectivity index (χ1v) is 6.99. The number of aliphatic hydroxyl groups excluding tert-OH is 1. The van der Waals surface area contributed by atoms with Crippen molar-refractivity contribution in [3.05, 3.63) is 0 Å². The predicted molar refractivity (Wildman–Crippen MR) is 70.4 cm³/mol. The molecule has 0 atom stereocenters. The van der Waals surface area contributed by atoms with Crippen molar-refractivity contribution in [3.8, 4) is 0 Å². The average molecular weight is 258 g/mol. The molecule has 1 heterocycles. The van der Waals surface area contributed by atoms with Crippen molar-refractivity contribution in [2.24, 2.45) is 5.92 Å². The van der Waals surface area contributed by atoms with Crippen LogP contribution in [0.25, 0.3) is 0 Å². The molecule has 0 aromatic heterocycles. The van der Waals surface area contributed by atoms with E-state index in [1.807, 2.05) is 0 Å². The average Bonchev–Trinajstić information content (AvgIpc) is 2.41. The smallest absolute Gasteiger partial charge is 0.220 e. The zero-order valence-corrected chi connectivity index (χ0v) is 11.1. The summed E-state index contributed by atoms with van der Waals surface area (Å²) in [6.07, 6.45) is 4.85. The van der Waals surface area contributed by atoms with E-state index in [1.165, 1.54) is 12.8 Å². The molecule has 106 valence electrons. The summed E-state index contributed by atoms with van der Waals surface area (Å²) in [5.74, 6) is 0.862. The van der Waals surface area contributed by atoms with Gasteiger partial charge in [0.2, 0.25) is 5.91 Å². The van der Waals surface area contributed by atoms with Crippen LogP contribution in [-0.2, 0) is 9.53 Å². The standard InChI is InChI=1S/C13H26N2O3/c16-9-11-18-10-1-6-15-13(17)3-2-12-4-7-14-8-5-12/h12,14,16H,1-11H2,(H,15,17). The first kappa shape index (κ1) is 15.4. The number of aliphatic hydroxyl groups is 1. The number of nitrogens with one attached hydrogen (secondary N) is 2. The lowest BCUT2D eigenvalue weighted by Gasteiger charge is -2.22. The maximum absolute atomic E-state index is 11.6. The number of hydrogen-bond acceptors (Lipinski definition) is 4. The van der Waals surface area contributed by atoms with Gasteiger partial charge in [0, 0.05) is 19.6 Å². The van der Waals surface area contributed by atoms with Gasteiger partial charge in [-0.15, -0.1) is 0 Å². The van der Waals surface area contributed by atoms with Crippen molar-refractivity contribution >= 4 is 5.91 Å². The highest BCUT2D eigenvalue weighted by Gasteiger charge is 2.14. The van der Waals surface area contributed by atoms with Gasteiger partial charge in [0.1, 0.15) is 0 Å². The second-order valence-electron chi connectivity index (χ2n) is 4.77. The lowest BCUT2D eigenvalue weighted by atomic mass is 9.93. The van der Waals surface area contributed by atoms with Crippen LogP contribution in [0.3, 0.4) is 0 Å². The van der Waals surface area contributed by atoms with Gasteiger partial charge in [-0.2, -0.15) is 0 Å². The number of ether oxygens (including phenoxy) is 1. The molecule has 0 unspecified atom stereocenters. The summed E-state index contributed by atoms with van der Waals surface area (Å²) >= 11 is 0. The Kier molecular flexibility index (Phi) is 8.81. The van der Waals surface area contributed by atoms with E-state index in [0.29, 0.717) is 32.1 Å².